The van der Waals surface area contributed by atoms with Crippen LogP contribution in [-0.2, 0) is 4.79 Å². The third-order valence-electron chi connectivity index (χ3n) is 5.32. The normalized spacial score (nSPS) is 24.7. The smallest absolute Gasteiger partial charge is 0.238 e. The molecular formula is C19H26N2O2. The van der Waals surface area contributed by atoms with Gasteiger partial charge in [0.15, 0.2) is 5.78 Å². The molecular weight excluding hydrogens is 288 g/mol. The number of benzene rings is 1. The minimum Gasteiger partial charge on any atom is -0.325 e. The summed E-state index contributed by atoms with van der Waals surface area (Å²) >= 11 is 0. The molecule has 124 valence electrons. The largest absolute Gasteiger partial charge is 0.325 e. The van der Waals surface area contributed by atoms with Crippen molar-refractivity contribution in [2.24, 2.45) is 11.8 Å². The monoisotopic (exact) mass is 314 g/mol. The average molecular weight is 314 g/mol. The van der Waals surface area contributed by atoms with Gasteiger partial charge in [-0.15, -0.1) is 0 Å². The van der Waals surface area contributed by atoms with Gasteiger partial charge in [0.05, 0.1) is 6.54 Å². The Morgan fingerprint density at radius 2 is 1.78 bits per heavy atom. The Kier molecular flexibility index (Phi) is 5.11. The number of Topliss-reactive ketones (excluding diaryl/α,β-unsaturated/α-hetero) is 1. The molecule has 2 atom stereocenters. The van der Waals surface area contributed by atoms with Crippen molar-refractivity contribution in [1.29, 1.82) is 0 Å². The molecule has 0 radical (unpaired) electrons. The molecule has 1 saturated heterocycles. The minimum atomic E-state index is 0.0369. The van der Waals surface area contributed by atoms with E-state index in [2.05, 4.69) is 10.2 Å². The maximum atomic E-state index is 12.2. The van der Waals surface area contributed by atoms with Crippen LogP contribution in [0.15, 0.2) is 24.3 Å². The van der Waals surface area contributed by atoms with Crippen LogP contribution in [-0.4, -0.2) is 36.2 Å². The molecule has 1 aliphatic carbocycles. The lowest BCUT2D eigenvalue weighted by atomic mass is 9.75. The Hall–Kier alpha value is -1.68. The van der Waals surface area contributed by atoms with E-state index in [4.69, 9.17) is 0 Å². The number of hydrogen-bond acceptors (Lipinski definition) is 3. The van der Waals surface area contributed by atoms with Gasteiger partial charge in [0, 0.05) is 17.8 Å². The second-order valence-corrected chi connectivity index (χ2v) is 7.01. The fraction of sp³-hybridized carbons (Fsp3) is 0.579. The van der Waals surface area contributed by atoms with Crippen LogP contribution in [0.5, 0.6) is 0 Å². The summed E-state index contributed by atoms with van der Waals surface area (Å²) in [6, 6.07) is 7.10. The standard InChI is InChI=1S/C19H26N2O2/c1-14(22)15-6-8-18(9-7-15)20-19(23)13-21-11-10-16-4-2-3-5-17(16)12-21/h6-9,16-17H,2-5,10-13H2,1H3,(H,20,23)/t16-,17-/m1/s1. The van der Waals surface area contributed by atoms with E-state index in [-0.39, 0.29) is 11.7 Å². The maximum absolute atomic E-state index is 12.2. The molecule has 1 aromatic rings. The molecule has 0 bridgehead atoms. The number of amides is 1. The molecule has 1 saturated carbocycles. The first-order valence-corrected chi connectivity index (χ1v) is 8.75. The van der Waals surface area contributed by atoms with Crippen LogP contribution in [0.25, 0.3) is 0 Å². The first kappa shape index (κ1) is 16.2. The van der Waals surface area contributed by atoms with Crippen LogP contribution < -0.4 is 5.32 Å². The minimum absolute atomic E-state index is 0.0369. The molecule has 0 spiro atoms. The predicted octanol–water partition coefficient (Wildman–Crippen LogP) is 3.34. The van der Waals surface area contributed by atoms with Crippen LogP contribution in [0, 0.1) is 11.8 Å². The maximum Gasteiger partial charge on any atom is 0.238 e. The van der Waals surface area contributed by atoms with Crippen molar-refractivity contribution in [1.82, 2.24) is 4.90 Å². The predicted molar refractivity (Wildman–Crippen MR) is 91.6 cm³/mol. The number of nitrogens with one attached hydrogen (secondary N) is 1. The van der Waals surface area contributed by atoms with E-state index in [9.17, 15) is 9.59 Å². The zero-order valence-corrected chi connectivity index (χ0v) is 13.9. The Bertz CT molecular complexity index is 567. The molecule has 2 fully saturated rings. The molecule has 23 heavy (non-hydrogen) atoms. The van der Waals surface area contributed by atoms with Gasteiger partial charge in [-0.25, -0.2) is 0 Å². The van der Waals surface area contributed by atoms with E-state index >= 15 is 0 Å². The molecule has 4 heteroatoms. The van der Waals surface area contributed by atoms with Gasteiger partial charge in [-0.2, -0.15) is 0 Å². The molecule has 4 nitrogen and oxygen atoms in total. The van der Waals surface area contributed by atoms with E-state index in [1.807, 2.05) is 0 Å². The van der Waals surface area contributed by atoms with Crippen molar-refractivity contribution in [3.8, 4) is 0 Å². The molecule has 1 aromatic carbocycles. The summed E-state index contributed by atoms with van der Waals surface area (Å²) < 4.78 is 0. The van der Waals surface area contributed by atoms with Gasteiger partial charge >= 0.3 is 0 Å². The quantitative estimate of drug-likeness (QED) is 0.867. The van der Waals surface area contributed by atoms with E-state index in [1.165, 1.54) is 32.1 Å². The van der Waals surface area contributed by atoms with Crippen LogP contribution in [0.1, 0.15) is 49.4 Å². The molecule has 0 unspecified atom stereocenters. The summed E-state index contributed by atoms with van der Waals surface area (Å²) in [6.45, 7) is 4.12. The zero-order chi connectivity index (χ0) is 16.2. The summed E-state index contributed by atoms with van der Waals surface area (Å²) in [6.07, 6.45) is 6.69. The Balaban J connectivity index is 1.50. The summed E-state index contributed by atoms with van der Waals surface area (Å²) in [5, 5.41) is 2.94. The highest BCUT2D eigenvalue weighted by Gasteiger charge is 2.31. The lowest BCUT2D eigenvalue weighted by molar-refractivity contribution is -0.118. The number of rotatable bonds is 4. The molecule has 1 amide bonds. The molecule has 1 N–H and O–H groups in total. The van der Waals surface area contributed by atoms with Crippen LogP contribution >= 0.6 is 0 Å². The van der Waals surface area contributed by atoms with Gasteiger partial charge < -0.3 is 5.32 Å². The highest BCUT2D eigenvalue weighted by molar-refractivity contribution is 5.96. The fourth-order valence-electron chi connectivity index (χ4n) is 4.01. The Morgan fingerprint density at radius 3 is 2.48 bits per heavy atom. The Morgan fingerprint density at radius 1 is 1.09 bits per heavy atom. The summed E-state index contributed by atoms with van der Waals surface area (Å²) in [5.41, 5.74) is 1.43. The van der Waals surface area contributed by atoms with E-state index in [0.29, 0.717) is 12.1 Å². The summed E-state index contributed by atoms with van der Waals surface area (Å²) in [4.78, 5) is 25.8. The van der Waals surface area contributed by atoms with Gasteiger partial charge in [0.25, 0.3) is 0 Å². The lowest BCUT2D eigenvalue weighted by Crippen LogP contribution is -2.44. The number of anilines is 1. The highest BCUT2D eigenvalue weighted by atomic mass is 16.2. The van der Waals surface area contributed by atoms with Gasteiger partial charge in [-0.1, -0.05) is 19.3 Å². The van der Waals surface area contributed by atoms with Crippen molar-refractivity contribution in [3.63, 3.8) is 0 Å². The van der Waals surface area contributed by atoms with E-state index < -0.39 is 0 Å². The van der Waals surface area contributed by atoms with Gasteiger partial charge in [-0.3, -0.25) is 14.5 Å². The fourth-order valence-corrected chi connectivity index (χ4v) is 4.01. The SMILES string of the molecule is CC(=O)c1ccc(NC(=O)CN2CC[C@H]3CCCC[C@@H]3C2)cc1. The van der Waals surface area contributed by atoms with Crippen LogP contribution in [0.2, 0.25) is 0 Å². The number of nitrogens with zero attached hydrogens (tertiary/aromatic N) is 1. The number of hydrogen-bond donors (Lipinski definition) is 1. The molecule has 2 aliphatic rings. The molecule has 0 aromatic heterocycles. The van der Waals surface area contributed by atoms with E-state index in [0.717, 1.165) is 30.6 Å². The molecule has 3 rings (SSSR count). The van der Waals surface area contributed by atoms with Crippen molar-refractivity contribution in [2.75, 3.05) is 25.0 Å². The number of carbonyl (C=O) groups is 2. The first-order valence-electron chi connectivity index (χ1n) is 8.75. The Labute approximate surface area is 138 Å². The van der Waals surface area contributed by atoms with E-state index in [1.54, 1.807) is 31.2 Å². The topological polar surface area (TPSA) is 49.4 Å². The number of likely N-dealkylation sites (tertiary alicyclic amines) is 1. The first-order chi connectivity index (χ1) is 11.1. The average Bonchev–Trinajstić information content (AvgIpc) is 2.55. The molecule has 1 heterocycles. The number of carbonyl (C=O) groups excluding carboxylic acids is 2. The number of ketones is 1. The van der Waals surface area contributed by atoms with Crippen molar-refractivity contribution in [3.05, 3.63) is 29.8 Å². The van der Waals surface area contributed by atoms with Crippen molar-refractivity contribution in [2.45, 2.75) is 39.0 Å². The van der Waals surface area contributed by atoms with Crippen molar-refractivity contribution < 1.29 is 9.59 Å². The van der Waals surface area contributed by atoms with Crippen LogP contribution in [0.4, 0.5) is 5.69 Å². The number of fused-ring (bicyclic) bond motifs is 1. The highest BCUT2D eigenvalue weighted by Crippen LogP contribution is 2.35. The van der Waals surface area contributed by atoms with Gasteiger partial charge in [-0.05, 0) is 62.4 Å². The van der Waals surface area contributed by atoms with Gasteiger partial charge in [0.2, 0.25) is 5.91 Å². The van der Waals surface area contributed by atoms with Crippen LogP contribution in [0.3, 0.4) is 0 Å². The number of piperidine rings is 1. The zero-order valence-electron chi connectivity index (χ0n) is 13.9. The second-order valence-electron chi connectivity index (χ2n) is 7.01. The van der Waals surface area contributed by atoms with Gasteiger partial charge in [0.1, 0.15) is 0 Å². The summed E-state index contributed by atoms with van der Waals surface area (Å²) in [5.74, 6) is 1.76. The third-order valence-corrected chi connectivity index (χ3v) is 5.32. The summed E-state index contributed by atoms with van der Waals surface area (Å²) in [7, 11) is 0. The van der Waals surface area contributed by atoms with Crippen molar-refractivity contribution >= 4 is 17.4 Å². The molecule has 1 aliphatic heterocycles. The third kappa shape index (κ3) is 4.20. The second kappa shape index (κ2) is 7.26. The lowest BCUT2D eigenvalue weighted by Gasteiger charge is -2.41.